The highest BCUT2D eigenvalue weighted by Crippen LogP contribution is 2.20. The van der Waals surface area contributed by atoms with Crippen molar-refractivity contribution in [3.05, 3.63) is 60.2 Å². The van der Waals surface area contributed by atoms with E-state index in [2.05, 4.69) is 0 Å². The predicted molar refractivity (Wildman–Crippen MR) is 63.5 cm³/mol. The first-order chi connectivity index (χ1) is 8.09. The van der Waals surface area contributed by atoms with Gasteiger partial charge in [0.05, 0.1) is 5.56 Å². The molecule has 0 unspecified atom stereocenters. The summed E-state index contributed by atoms with van der Waals surface area (Å²) in [4.78, 5) is 22.8. The van der Waals surface area contributed by atoms with E-state index in [1.807, 2.05) is 6.07 Å². The molecule has 0 aliphatic heterocycles. The van der Waals surface area contributed by atoms with Crippen LogP contribution < -0.4 is 0 Å². The van der Waals surface area contributed by atoms with Gasteiger partial charge in [0.1, 0.15) is 5.60 Å². The molecule has 0 N–H and O–H groups in total. The number of esters is 1. The number of ether oxygens (including phenoxy) is 1. The van der Waals surface area contributed by atoms with Crippen LogP contribution in [0.1, 0.15) is 17.3 Å². The average Bonchev–Trinajstić information content (AvgIpc) is 2.34. The van der Waals surface area contributed by atoms with Crippen molar-refractivity contribution < 1.29 is 14.3 Å². The molecule has 0 radical (unpaired) electrons. The summed E-state index contributed by atoms with van der Waals surface area (Å²) < 4.78 is 5.35. The molecule has 0 bridgehead atoms. The number of carbonyl (C=O) groups excluding carboxylic acids is 2. The number of rotatable bonds is 2. The molecule has 0 heterocycles. The van der Waals surface area contributed by atoms with Gasteiger partial charge in [-0.15, -0.1) is 0 Å². The minimum Gasteiger partial charge on any atom is -0.447 e. The Hall–Kier alpha value is -2.16. The molecular formula is C14H12O3. The van der Waals surface area contributed by atoms with E-state index in [0.29, 0.717) is 5.56 Å². The molecule has 0 fully saturated rings. The Bertz CT molecular complexity index is 481. The minimum absolute atomic E-state index is 0.0989. The summed E-state index contributed by atoms with van der Waals surface area (Å²) in [6, 6.07) is 8.75. The van der Waals surface area contributed by atoms with Gasteiger partial charge in [-0.1, -0.05) is 18.2 Å². The first-order valence-electron chi connectivity index (χ1n) is 5.30. The van der Waals surface area contributed by atoms with Crippen LogP contribution in [0.3, 0.4) is 0 Å². The quantitative estimate of drug-likeness (QED) is 0.729. The highest BCUT2D eigenvalue weighted by Gasteiger charge is 2.25. The molecule has 1 aliphatic rings. The fraction of sp³-hybridized carbons (Fsp3) is 0.143. The molecule has 3 nitrogen and oxygen atoms in total. The highest BCUT2D eigenvalue weighted by molar-refractivity contribution is 6.00. The van der Waals surface area contributed by atoms with Crippen molar-refractivity contribution in [2.45, 2.75) is 12.5 Å². The Morgan fingerprint density at radius 2 is 1.71 bits per heavy atom. The van der Waals surface area contributed by atoms with Crippen molar-refractivity contribution in [3.63, 3.8) is 0 Å². The van der Waals surface area contributed by atoms with Crippen LogP contribution in [0.15, 0.2) is 54.6 Å². The summed E-state index contributed by atoms with van der Waals surface area (Å²) >= 11 is 0. The second-order valence-electron chi connectivity index (χ2n) is 4.01. The van der Waals surface area contributed by atoms with Crippen molar-refractivity contribution in [3.8, 4) is 0 Å². The van der Waals surface area contributed by atoms with Crippen molar-refractivity contribution in [1.29, 1.82) is 0 Å². The SMILES string of the molecule is CC1(OC(=O)c2ccccc2)C=CC(=O)C=C1. The maximum Gasteiger partial charge on any atom is 0.339 e. The van der Waals surface area contributed by atoms with Crippen LogP contribution in [-0.2, 0) is 9.53 Å². The van der Waals surface area contributed by atoms with Crippen LogP contribution in [0, 0.1) is 0 Å². The Balaban J connectivity index is 2.12. The fourth-order valence-corrected chi connectivity index (χ4v) is 1.51. The van der Waals surface area contributed by atoms with Gasteiger partial charge in [0.25, 0.3) is 0 Å². The summed E-state index contributed by atoms with van der Waals surface area (Å²) in [5.41, 5.74) is -0.353. The van der Waals surface area contributed by atoms with Crippen LogP contribution in [0.5, 0.6) is 0 Å². The third kappa shape index (κ3) is 2.69. The van der Waals surface area contributed by atoms with E-state index in [4.69, 9.17) is 4.74 Å². The maximum absolute atomic E-state index is 11.8. The normalized spacial score (nSPS) is 16.9. The van der Waals surface area contributed by atoms with Gasteiger partial charge in [-0.3, -0.25) is 4.79 Å². The molecule has 3 heteroatoms. The molecule has 0 aromatic heterocycles. The average molecular weight is 228 g/mol. The number of benzene rings is 1. The number of hydrogen-bond donors (Lipinski definition) is 0. The largest absolute Gasteiger partial charge is 0.447 e. The van der Waals surface area contributed by atoms with Gasteiger partial charge >= 0.3 is 5.97 Å². The first-order valence-corrected chi connectivity index (χ1v) is 5.30. The molecule has 1 aromatic rings. The van der Waals surface area contributed by atoms with E-state index in [1.165, 1.54) is 12.2 Å². The van der Waals surface area contributed by atoms with Gasteiger partial charge < -0.3 is 4.74 Å². The molecule has 17 heavy (non-hydrogen) atoms. The van der Waals surface area contributed by atoms with Crippen molar-refractivity contribution >= 4 is 11.8 Å². The topological polar surface area (TPSA) is 43.4 Å². The van der Waals surface area contributed by atoms with Gasteiger partial charge in [-0.25, -0.2) is 4.79 Å². The van der Waals surface area contributed by atoms with E-state index in [0.717, 1.165) is 0 Å². The van der Waals surface area contributed by atoms with Gasteiger partial charge in [0.2, 0.25) is 0 Å². The zero-order valence-corrected chi connectivity index (χ0v) is 9.42. The predicted octanol–water partition coefficient (Wildman–Crippen LogP) is 2.30. The zero-order valence-electron chi connectivity index (χ0n) is 9.42. The minimum atomic E-state index is -0.846. The van der Waals surface area contributed by atoms with Crippen LogP contribution >= 0.6 is 0 Å². The lowest BCUT2D eigenvalue weighted by Crippen LogP contribution is -2.29. The lowest BCUT2D eigenvalue weighted by atomic mass is 9.99. The molecule has 1 aliphatic carbocycles. The Labute approximate surface area is 99.4 Å². The van der Waals surface area contributed by atoms with E-state index in [9.17, 15) is 9.59 Å². The van der Waals surface area contributed by atoms with E-state index >= 15 is 0 Å². The molecule has 0 spiro atoms. The van der Waals surface area contributed by atoms with Gasteiger partial charge in [-0.05, 0) is 43.4 Å². The molecular weight excluding hydrogens is 216 g/mol. The number of carbonyl (C=O) groups is 2. The van der Waals surface area contributed by atoms with Gasteiger partial charge in [-0.2, -0.15) is 0 Å². The first kappa shape index (κ1) is 11.3. The molecule has 86 valence electrons. The Kier molecular flexibility index (Phi) is 2.91. The third-order valence-corrected chi connectivity index (χ3v) is 2.48. The summed E-state index contributed by atoms with van der Waals surface area (Å²) in [5.74, 6) is -0.505. The summed E-state index contributed by atoms with van der Waals surface area (Å²) in [7, 11) is 0. The van der Waals surface area contributed by atoms with E-state index in [-0.39, 0.29) is 5.78 Å². The van der Waals surface area contributed by atoms with Crippen LogP contribution in [0.4, 0.5) is 0 Å². The standard InChI is InChI=1S/C14H12O3/c1-14(9-7-12(15)8-10-14)17-13(16)11-5-3-2-4-6-11/h2-10H,1H3. The van der Waals surface area contributed by atoms with Crippen LogP contribution in [0.25, 0.3) is 0 Å². The fourth-order valence-electron chi connectivity index (χ4n) is 1.51. The van der Waals surface area contributed by atoms with Crippen molar-refractivity contribution in [1.82, 2.24) is 0 Å². The number of hydrogen-bond acceptors (Lipinski definition) is 3. The molecule has 0 saturated carbocycles. The second kappa shape index (κ2) is 4.37. The molecule has 1 aromatic carbocycles. The van der Waals surface area contributed by atoms with E-state index in [1.54, 1.807) is 43.3 Å². The lowest BCUT2D eigenvalue weighted by molar-refractivity contribution is -0.110. The van der Waals surface area contributed by atoms with Crippen molar-refractivity contribution in [2.75, 3.05) is 0 Å². The molecule has 0 atom stereocenters. The second-order valence-corrected chi connectivity index (χ2v) is 4.01. The third-order valence-electron chi connectivity index (χ3n) is 2.48. The Morgan fingerprint density at radius 3 is 2.29 bits per heavy atom. The highest BCUT2D eigenvalue weighted by atomic mass is 16.6. The molecule has 0 saturated heterocycles. The summed E-state index contributed by atoms with van der Waals surface area (Å²) in [5, 5.41) is 0. The molecule has 2 rings (SSSR count). The zero-order chi connectivity index (χ0) is 12.3. The van der Waals surface area contributed by atoms with Crippen molar-refractivity contribution in [2.24, 2.45) is 0 Å². The molecule has 0 amide bonds. The maximum atomic E-state index is 11.8. The lowest BCUT2D eigenvalue weighted by Gasteiger charge is -2.24. The smallest absolute Gasteiger partial charge is 0.339 e. The van der Waals surface area contributed by atoms with E-state index < -0.39 is 11.6 Å². The van der Waals surface area contributed by atoms with Gasteiger partial charge in [0.15, 0.2) is 5.78 Å². The Morgan fingerprint density at radius 1 is 1.12 bits per heavy atom. The summed E-state index contributed by atoms with van der Waals surface area (Å²) in [6.07, 6.45) is 5.96. The summed E-state index contributed by atoms with van der Waals surface area (Å²) in [6.45, 7) is 1.73. The van der Waals surface area contributed by atoms with Gasteiger partial charge in [0, 0.05) is 0 Å². The monoisotopic (exact) mass is 228 g/mol. The number of ketones is 1. The van der Waals surface area contributed by atoms with Crippen LogP contribution in [-0.4, -0.2) is 17.4 Å². The van der Waals surface area contributed by atoms with Crippen LogP contribution in [0.2, 0.25) is 0 Å². The number of allylic oxidation sites excluding steroid dienone is 2.